The van der Waals surface area contributed by atoms with Crippen LogP contribution in [-0.2, 0) is 4.79 Å². The summed E-state index contributed by atoms with van der Waals surface area (Å²) in [7, 11) is 0. The quantitative estimate of drug-likeness (QED) is 0.292. The summed E-state index contributed by atoms with van der Waals surface area (Å²) in [5.74, 6) is 0.283. The summed E-state index contributed by atoms with van der Waals surface area (Å²) in [6, 6.07) is 7.52. The smallest absolute Gasteiger partial charge is 0.329 e. The molecule has 0 radical (unpaired) electrons. The van der Waals surface area contributed by atoms with Crippen LogP contribution in [0.4, 0.5) is 10.5 Å². The molecule has 0 unspecified atom stereocenters. The van der Waals surface area contributed by atoms with E-state index in [1.807, 2.05) is 0 Å². The molecule has 2 heterocycles. The zero-order valence-electron chi connectivity index (χ0n) is 13.9. The molecular weight excluding hydrogens is 338 g/mol. The third-order valence-corrected chi connectivity index (χ3v) is 3.88. The van der Waals surface area contributed by atoms with Gasteiger partial charge in [-0.1, -0.05) is 18.2 Å². The summed E-state index contributed by atoms with van der Waals surface area (Å²) in [6.45, 7) is 5.27. The fourth-order valence-electron chi connectivity index (χ4n) is 2.55. The summed E-state index contributed by atoms with van der Waals surface area (Å²) in [5, 5.41) is 13.5. The van der Waals surface area contributed by atoms with Gasteiger partial charge in [-0.2, -0.15) is 0 Å². The minimum atomic E-state index is -0.526. The molecule has 2 aromatic rings. The van der Waals surface area contributed by atoms with Gasteiger partial charge in [-0.15, -0.1) is 6.58 Å². The summed E-state index contributed by atoms with van der Waals surface area (Å²) < 4.78 is 5.64. The normalized spacial score (nSPS) is 15.4. The minimum Gasteiger partial charge on any atom is -0.457 e. The summed E-state index contributed by atoms with van der Waals surface area (Å²) >= 11 is 0. The van der Waals surface area contributed by atoms with Crippen molar-refractivity contribution in [2.45, 2.75) is 6.92 Å². The van der Waals surface area contributed by atoms with Gasteiger partial charge in [0.2, 0.25) is 0 Å². The Balaban J connectivity index is 1.88. The largest absolute Gasteiger partial charge is 0.457 e. The van der Waals surface area contributed by atoms with Crippen LogP contribution in [0.25, 0.3) is 17.4 Å². The van der Waals surface area contributed by atoms with Crippen LogP contribution in [0.3, 0.4) is 0 Å². The van der Waals surface area contributed by atoms with Gasteiger partial charge in [0.1, 0.15) is 17.2 Å². The number of urea groups is 1. The van der Waals surface area contributed by atoms with E-state index < -0.39 is 16.9 Å². The molecule has 8 nitrogen and oxygen atoms in total. The van der Waals surface area contributed by atoms with Gasteiger partial charge in [-0.05, 0) is 19.1 Å². The first kappa shape index (κ1) is 17.2. The van der Waals surface area contributed by atoms with E-state index in [0.29, 0.717) is 22.6 Å². The van der Waals surface area contributed by atoms with Crippen molar-refractivity contribution < 1.29 is 18.9 Å². The number of rotatable bonds is 5. The Morgan fingerprint density at radius 1 is 1.31 bits per heavy atom. The molecule has 1 aliphatic rings. The maximum atomic E-state index is 12.2. The van der Waals surface area contributed by atoms with Crippen LogP contribution in [0, 0.1) is 17.0 Å². The highest BCUT2D eigenvalue weighted by molar-refractivity contribution is 6.13. The number of hydrogen-bond acceptors (Lipinski definition) is 5. The second-order valence-electron chi connectivity index (χ2n) is 5.65. The Labute approximate surface area is 148 Å². The SMILES string of the molecule is C=CCN1C(=O)N/C(=C/c2ccc(-c3ccc(C)c([N+](=O)[O-])c3)o2)C1=O. The number of carbonyl (C=O) groups excluding carboxylic acids is 2. The van der Waals surface area contributed by atoms with Crippen molar-refractivity contribution in [2.75, 3.05) is 6.54 Å². The first-order valence-electron chi connectivity index (χ1n) is 7.71. The highest BCUT2D eigenvalue weighted by Gasteiger charge is 2.32. The van der Waals surface area contributed by atoms with Gasteiger partial charge in [0.05, 0.1) is 4.92 Å². The van der Waals surface area contributed by atoms with E-state index in [9.17, 15) is 19.7 Å². The van der Waals surface area contributed by atoms with E-state index in [1.165, 1.54) is 18.2 Å². The summed E-state index contributed by atoms with van der Waals surface area (Å²) in [4.78, 5) is 35.5. The second-order valence-corrected chi connectivity index (χ2v) is 5.65. The predicted octanol–water partition coefficient (Wildman–Crippen LogP) is 3.24. The molecule has 1 N–H and O–H groups in total. The van der Waals surface area contributed by atoms with E-state index in [1.54, 1.807) is 31.2 Å². The number of nitrogens with zero attached hydrogens (tertiary/aromatic N) is 2. The number of nitro benzene ring substituents is 1. The number of amides is 3. The number of benzene rings is 1. The lowest BCUT2D eigenvalue weighted by Crippen LogP contribution is -2.30. The minimum absolute atomic E-state index is 0.00268. The van der Waals surface area contributed by atoms with Crippen molar-refractivity contribution >= 4 is 23.7 Å². The first-order chi connectivity index (χ1) is 12.4. The molecule has 1 aliphatic heterocycles. The van der Waals surface area contributed by atoms with Gasteiger partial charge in [-0.25, -0.2) is 4.79 Å². The Bertz CT molecular complexity index is 957. The molecule has 0 saturated carbocycles. The molecule has 0 aliphatic carbocycles. The molecule has 0 spiro atoms. The van der Waals surface area contributed by atoms with Crippen molar-refractivity contribution in [1.82, 2.24) is 10.2 Å². The molecule has 132 valence electrons. The van der Waals surface area contributed by atoms with Crippen LogP contribution in [0.2, 0.25) is 0 Å². The molecule has 3 amide bonds. The van der Waals surface area contributed by atoms with Crippen molar-refractivity contribution in [1.29, 1.82) is 0 Å². The lowest BCUT2D eigenvalue weighted by atomic mass is 10.1. The monoisotopic (exact) mass is 353 g/mol. The first-order valence-corrected chi connectivity index (χ1v) is 7.71. The highest BCUT2D eigenvalue weighted by atomic mass is 16.6. The maximum absolute atomic E-state index is 12.2. The average molecular weight is 353 g/mol. The number of furan rings is 1. The number of aryl methyl sites for hydroxylation is 1. The Kier molecular flexibility index (Phi) is 4.40. The van der Waals surface area contributed by atoms with Crippen molar-refractivity contribution in [2.24, 2.45) is 0 Å². The molecular formula is C18H15N3O5. The zero-order valence-corrected chi connectivity index (χ0v) is 13.9. The molecule has 1 aromatic heterocycles. The van der Waals surface area contributed by atoms with Crippen molar-refractivity contribution in [3.63, 3.8) is 0 Å². The zero-order chi connectivity index (χ0) is 18.8. The molecule has 1 fully saturated rings. The van der Waals surface area contributed by atoms with Gasteiger partial charge in [-0.3, -0.25) is 19.8 Å². The number of carbonyl (C=O) groups is 2. The fourth-order valence-corrected chi connectivity index (χ4v) is 2.55. The predicted molar refractivity (Wildman–Crippen MR) is 94.0 cm³/mol. The molecule has 0 atom stereocenters. The van der Waals surface area contributed by atoms with Gasteiger partial charge in [0, 0.05) is 29.8 Å². The second kappa shape index (κ2) is 6.67. The number of nitrogens with one attached hydrogen (secondary N) is 1. The van der Waals surface area contributed by atoms with Gasteiger partial charge >= 0.3 is 6.03 Å². The number of imide groups is 1. The molecule has 26 heavy (non-hydrogen) atoms. The lowest BCUT2D eigenvalue weighted by molar-refractivity contribution is -0.385. The van der Waals surface area contributed by atoms with Gasteiger partial charge in [0.25, 0.3) is 11.6 Å². The van der Waals surface area contributed by atoms with Gasteiger partial charge in [0.15, 0.2) is 0 Å². The molecule has 8 heteroatoms. The van der Waals surface area contributed by atoms with E-state index in [-0.39, 0.29) is 17.9 Å². The Morgan fingerprint density at radius 2 is 2.08 bits per heavy atom. The Morgan fingerprint density at radius 3 is 2.77 bits per heavy atom. The van der Waals surface area contributed by atoms with Crippen molar-refractivity contribution in [3.05, 3.63) is 70.1 Å². The van der Waals surface area contributed by atoms with Gasteiger partial charge < -0.3 is 9.73 Å². The summed E-state index contributed by atoms with van der Waals surface area (Å²) in [5.41, 5.74) is 1.18. The molecule has 3 rings (SSSR count). The van der Waals surface area contributed by atoms with E-state index in [2.05, 4.69) is 11.9 Å². The molecule has 0 bridgehead atoms. The van der Waals surface area contributed by atoms with E-state index in [4.69, 9.17) is 4.42 Å². The van der Waals surface area contributed by atoms with Crippen LogP contribution in [-0.4, -0.2) is 28.3 Å². The van der Waals surface area contributed by atoms with Crippen LogP contribution in [0.15, 0.2) is 53.1 Å². The number of nitro groups is 1. The number of hydrogen-bond donors (Lipinski definition) is 1. The van der Waals surface area contributed by atoms with E-state index >= 15 is 0 Å². The van der Waals surface area contributed by atoms with Crippen LogP contribution in [0.1, 0.15) is 11.3 Å². The third kappa shape index (κ3) is 3.12. The van der Waals surface area contributed by atoms with Crippen molar-refractivity contribution in [3.8, 4) is 11.3 Å². The Hall–Kier alpha value is -3.68. The molecule has 1 saturated heterocycles. The van der Waals surface area contributed by atoms with Crippen LogP contribution < -0.4 is 5.32 Å². The average Bonchev–Trinajstić information content (AvgIpc) is 3.16. The molecule has 1 aromatic carbocycles. The highest BCUT2D eigenvalue weighted by Crippen LogP contribution is 2.29. The van der Waals surface area contributed by atoms with Crippen LogP contribution >= 0.6 is 0 Å². The standard InChI is InChI=1S/C18H15N3O5/c1-3-8-20-17(22)14(19-18(20)23)10-13-6-7-16(26-13)12-5-4-11(2)15(9-12)21(24)25/h3-7,9-10H,1,8H2,2H3,(H,19,23)/b14-10+. The fraction of sp³-hybridized carbons (Fsp3) is 0.111. The lowest BCUT2D eigenvalue weighted by Gasteiger charge is -2.06. The summed E-state index contributed by atoms with van der Waals surface area (Å²) in [6.07, 6.45) is 2.87. The van der Waals surface area contributed by atoms with Crippen LogP contribution in [0.5, 0.6) is 0 Å². The third-order valence-electron chi connectivity index (χ3n) is 3.88. The van der Waals surface area contributed by atoms with E-state index in [0.717, 1.165) is 4.90 Å². The maximum Gasteiger partial charge on any atom is 0.329 e. The topological polar surface area (TPSA) is 106 Å².